The van der Waals surface area contributed by atoms with Crippen molar-refractivity contribution in [1.29, 1.82) is 0 Å². The van der Waals surface area contributed by atoms with Gasteiger partial charge in [0.05, 0.1) is 17.9 Å². The number of carbonyl (C=O) groups is 1. The Morgan fingerprint density at radius 2 is 1.73 bits per heavy atom. The van der Waals surface area contributed by atoms with E-state index >= 15 is 0 Å². The van der Waals surface area contributed by atoms with E-state index in [9.17, 15) is 4.79 Å². The molecule has 6 nitrogen and oxygen atoms in total. The van der Waals surface area contributed by atoms with Crippen molar-refractivity contribution >= 4 is 34.5 Å². The van der Waals surface area contributed by atoms with Crippen LogP contribution in [0, 0.1) is 13.8 Å². The molecule has 2 N–H and O–H groups in total. The number of rotatable bonds is 5. The fourth-order valence-corrected chi connectivity index (χ4v) is 3.41. The van der Waals surface area contributed by atoms with E-state index in [1.165, 1.54) is 0 Å². The van der Waals surface area contributed by atoms with Crippen LogP contribution < -0.4 is 10.6 Å². The van der Waals surface area contributed by atoms with Crippen LogP contribution in [0.1, 0.15) is 22.6 Å². The maximum Gasteiger partial charge on any atom is 0.319 e. The van der Waals surface area contributed by atoms with Crippen LogP contribution in [0.3, 0.4) is 0 Å². The van der Waals surface area contributed by atoms with E-state index in [0.29, 0.717) is 23.8 Å². The normalized spacial score (nSPS) is 10.9. The standard InChI is InChI=1S/C23H22ClN5O/c1-15-20(28-23(30)25-13-17-6-4-3-5-7-17)12-21-22(26-15)29(16(2)27-21)14-18-8-10-19(24)11-9-18/h3-12H,13-14H2,1-2H3,(H2,25,28,30). The maximum absolute atomic E-state index is 12.3. The smallest absolute Gasteiger partial charge is 0.319 e. The number of urea groups is 1. The monoisotopic (exact) mass is 419 g/mol. The molecule has 0 radical (unpaired) electrons. The molecule has 152 valence electrons. The van der Waals surface area contributed by atoms with Gasteiger partial charge in [-0.1, -0.05) is 54.1 Å². The van der Waals surface area contributed by atoms with Crippen LogP contribution >= 0.6 is 11.6 Å². The molecule has 2 aromatic heterocycles. The van der Waals surface area contributed by atoms with Crippen LogP contribution in [0.2, 0.25) is 5.02 Å². The lowest BCUT2D eigenvalue weighted by atomic mass is 10.2. The molecule has 2 amide bonds. The number of aryl methyl sites for hydroxylation is 2. The van der Waals surface area contributed by atoms with E-state index in [4.69, 9.17) is 16.6 Å². The zero-order valence-corrected chi connectivity index (χ0v) is 17.6. The second-order valence-corrected chi connectivity index (χ2v) is 7.57. The minimum Gasteiger partial charge on any atom is -0.334 e. The second-order valence-electron chi connectivity index (χ2n) is 7.13. The summed E-state index contributed by atoms with van der Waals surface area (Å²) in [5, 5.41) is 6.45. The molecule has 4 rings (SSSR count). The molecule has 7 heteroatoms. The van der Waals surface area contributed by atoms with Crippen molar-refractivity contribution < 1.29 is 4.79 Å². The zero-order chi connectivity index (χ0) is 21.1. The summed E-state index contributed by atoms with van der Waals surface area (Å²) in [6.45, 7) is 4.93. The topological polar surface area (TPSA) is 71.8 Å². The van der Waals surface area contributed by atoms with E-state index in [2.05, 4.69) is 20.2 Å². The summed E-state index contributed by atoms with van der Waals surface area (Å²) in [6.07, 6.45) is 0. The lowest BCUT2D eigenvalue weighted by Gasteiger charge is -2.11. The van der Waals surface area contributed by atoms with E-state index in [1.54, 1.807) is 0 Å². The van der Waals surface area contributed by atoms with Crippen LogP contribution in [0.4, 0.5) is 10.5 Å². The highest BCUT2D eigenvalue weighted by Crippen LogP contribution is 2.22. The first kappa shape index (κ1) is 19.9. The van der Waals surface area contributed by atoms with Crippen molar-refractivity contribution in [2.24, 2.45) is 0 Å². The molecule has 0 aliphatic carbocycles. The lowest BCUT2D eigenvalue weighted by molar-refractivity contribution is 0.251. The predicted molar refractivity (Wildman–Crippen MR) is 120 cm³/mol. The summed E-state index contributed by atoms with van der Waals surface area (Å²) in [5.74, 6) is 0.859. The van der Waals surface area contributed by atoms with Gasteiger partial charge in [-0.15, -0.1) is 0 Å². The van der Waals surface area contributed by atoms with Gasteiger partial charge in [-0.2, -0.15) is 0 Å². The van der Waals surface area contributed by atoms with Gasteiger partial charge in [-0.3, -0.25) is 0 Å². The summed E-state index contributed by atoms with van der Waals surface area (Å²) in [7, 11) is 0. The molecule has 0 saturated carbocycles. The first-order valence-corrected chi connectivity index (χ1v) is 10.0. The number of halogens is 1. The number of hydrogen-bond acceptors (Lipinski definition) is 3. The molecule has 0 atom stereocenters. The summed E-state index contributed by atoms with van der Waals surface area (Å²) in [6, 6.07) is 19.1. The minimum atomic E-state index is -0.277. The van der Waals surface area contributed by atoms with Gasteiger partial charge in [0.15, 0.2) is 5.65 Å². The van der Waals surface area contributed by atoms with Crippen molar-refractivity contribution in [3.63, 3.8) is 0 Å². The number of carbonyl (C=O) groups excluding carboxylic acids is 1. The Bertz CT molecular complexity index is 1190. The van der Waals surface area contributed by atoms with E-state index in [0.717, 1.165) is 33.8 Å². The number of benzene rings is 2. The maximum atomic E-state index is 12.3. The fraction of sp³-hybridized carbons (Fsp3) is 0.174. The molecule has 0 aliphatic rings. The highest BCUT2D eigenvalue weighted by Gasteiger charge is 2.14. The van der Waals surface area contributed by atoms with Crippen molar-refractivity contribution in [1.82, 2.24) is 19.9 Å². The van der Waals surface area contributed by atoms with Crippen LogP contribution in [0.15, 0.2) is 60.7 Å². The summed E-state index contributed by atoms with van der Waals surface area (Å²) in [4.78, 5) is 21.7. The first-order chi connectivity index (χ1) is 14.5. The molecule has 2 heterocycles. The lowest BCUT2D eigenvalue weighted by Crippen LogP contribution is -2.28. The van der Waals surface area contributed by atoms with Crippen LogP contribution in [-0.4, -0.2) is 20.6 Å². The Morgan fingerprint density at radius 3 is 2.47 bits per heavy atom. The molecule has 0 saturated heterocycles. The molecule has 0 aliphatic heterocycles. The number of fused-ring (bicyclic) bond motifs is 1. The van der Waals surface area contributed by atoms with Crippen LogP contribution in [-0.2, 0) is 13.1 Å². The fourth-order valence-electron chi connectivity index (χ4n) is 3.28. The number of hydrogen-bond donors (Lipinski definition) is 2. The average Bonchev–Trinajstić information content (AvgIpc) is 3.03. The van der Waals surface area contributed by atoms with Gasteiger partial charge in [0.2, 0.25) is 0 Å². The summed E-state index contributed by atoms with van der Waals surface area (Å²) >= 11 is 5.99. The Hall–Kier alpha value is -3.38. The van der Waals surface area contributed by atoms with Crippen LogP contribution in [0.5, 0.6) is 0 Å². The number of pyridine rings is 1. The van der Waals surface area contributed by atoms with Crippen molar-refractivity contribution in [2.75, 3.05) is 5.32 Å². The molecule has 4 aromatic rings. The van der Waals surface area contributed by atoms with Gasteiger partial charge < -0.3 is 15.2 Å². The van der Waals surface area contributed by atoms with E-state index in [-0.39, 0.29) is 6.03 Å². The molecule has 0 unspecified atom stereocenters. The third-order valence-electron chi connectivity index (χ3n) is 4.90. The Morgan fingerprint density at radius 1 is 1.00 bits per heavy atom. The number of nitrogens with zero attached hydrogens (tertiary/aromatic N) is 3. The summed E-state index contributed by atoms with van der Waals surface area (Å²) in [5.41, 5.74) is 5.05. The third kappa shape index (κ3) is 4.44. The molecule has 0 spiro atoms. The Labute approximate surface area is 179 Å². The van der Waals surface area contributed by atoms with Gasteiger partial charge in [-0.25, -0.2) is 14.8 Å². The van der Waals surface area contributed by atoms with E-state index < -0.39 is 0 Å². The van der Waals surface area contributed by atoms with Crippen LogP contribution in [0.25, 0.3) is 11.2 Å². The van der Waals surface area contributed by atoms with Gasteiger partial charge in [0, 0.05) is 11.6 Å². The van der Waals surface area contributed by atoms with Crippen molar-refractivity contribution in [3.05, 3.63) is 88.3 Å². The number of imidazole rings is 1. The van der Waals surface area contributed by atoms with Gasteiger partial charge in [0.25, 0.3) is 0 Å². The molecule has 30 heavy (non-hydrogen) atoms. The second kappa shape index (κ2) is 8.55. The summed E-state index contributed by atoms with van der Waals surface area (Å²) < 4.78 is 2.06. The minimum absolute atomic E-state index is 0.277. The Kier molecular flexibility index (Phi) is 5.68. The largest absolute Gasteiger partial charge is 0.334 e. The SMILES string of the molecule is Cc1nc2c(cc1NC(=O)NCc1ccccc1)nc(C)n2Cc1ccc(Cl)cc1. The van der Waals surface area contributed by atoms with Gasteiger partial charge in [-0.05, 0) is 43.2 Å². The number of aromatic nitrogens is 3. The van der Waals surface area contributed by atoms with Gasteiger partial charge in [0.1, 0.15) is 11.3 Å². The number of anilines is 1. The highest BCUT2D eigenvalue weighted by atomic mass is 35.5. The molecule has 0 fully saturated rings. The van der Waals surface area contributed by atoms with Crippen molar-refractivity contribution in [2.45, 2.75) is 26.9 Å². The predicted octanol–water partition coefficient (Wildman–Crippen LogP) is 5.07. The van der Waals surface area contributed by atoms with Crippen molar-refractivity contribution in [3.8, 4) is 0 Å². The number of nitrogens with one attached hydrogen (secondary N) is 2. The molecule has 0 bridgehead atoms. The first-order valence-electron chi connectivity index (χ1n) is 9.67. The highest BCUT2D eigenvalue weighted by molar-refractivity contribution is 6.30. The third-order valence-corrected chi connectivity index (χ3v) is 5.15. The zero-order valence-electron chi connectivity index (χ0n) is 16.8. The Balaban J connectivity index is 1.52. The van der Waals surface area contributed by atoms with E-state index in [1.807, 2.05) is 74.5 Å². The molecular weight excluding hydrogens is 398 g/mol. The quantitative estimate of drug-likeness (QED) is 0.474. The average molecular weight is 420 g/mol. The molecular formula is C23H22ClN5O. The van der Waals surface area contributed by atoms with Gasteiger partial charge >= 0.3 is 6.03 Å². The number of amides is 2. The molecule has 2 aromatic carbocycles.